The summed E-state index contributed by atoms with van der Waals surface area (Å²) in [5.74, 6) is 0.586. The van der Waals surface area contributed by atoms with E-state index in [1.165, 1.54) is 118 Å². The van der Waals surface area contributed by atoms with Crippen molar-refractivity contribution in [2.24, 2.45) is 5.92 Å². The molecule has 1 aliphatic rings. The van der Waals surface area contributed by atoms with Crippen molar-refractivity contribution in [2.75, 3.05) is 0 Å². The van der Waals surface area contributed by atoms with Crippen LogP contribution >= 0.6 is 11.3 Å². The Bertz CT molecular complexity index is 2940. The van der Waals surface area contributed by atoms with Crippen molar-refractivity contribution in [1.82, 2.24) is 0 Å². The van der Waals surface area contributed by atoms with Crippen molar-refractivity contribution in [3.63, 3.8) is 0 Å². The molecular formula is C76H94S. The van der Waals surface area contributed by atoms with Crippen molar-refractivity contribution >= 4 is 35.1 Å². The maximum absolute atomic E-state index is 4.19. The number of hydrogen-bond donors (Lipinski definition) is 0. The van der Waals surface area contributed by atoms with E-state index in [1.807, 2.05) is 67.7 Å². The van der Waals surface area contributed by atoms with Gasteiger partial charge in [0, 0.05) is 9.75 Å². The molecule has 0 unspecified atom stereocenters. The lowest BCUT2D eigenvalue weighted by Gasteiger charge is -2.34. The zero-order chi connectivity index (χ0) is 56.9. The number of allylic oxidation sites excluding steroid dienone is 7. The lowest BCUT2D eigenvalue weighted by atomic mass is 9.67. The molecule has 0 atom stereocenters. The van der Waals surface area contributed by atoms with Gasteiger partial charge < -0.3 is 0 Å². The fourth-order valence-corrected chi connectivity index (χ4v) is 11.1. The molecule has 0 spiro atoms. The van der Waals surface area contributed by atoms with Crippen molar-refractivity contribution < 1.29 is 0 Å². The molecular weight excluding hydrogens is 945 g/mol. The maximum atomic E-state index is 4.19. The van der Waals surface area contributed by atoms with Crippen LogP contribution in [0.2, 0.25) is 0 Å². The van der Waals surface area contributed by atoms with Gasteiger partial charge in [0.2, 0.25) is 0 Å². The van der Waals surface area contributed by atoms with Gasteiger partial charge in [0.25, 0.3) is 0 Å². The molecule has 6 aromatic carbocycles. The Morgan fingerprint density at radius 1 is 0.623 bits per heavy atom. The second kappa shape index (κ2) is 34.1. The Hall–Kier alpha value is -6.80. The number of hydrogen-bond acceptors (Lipinski definition) is 1. The normalized spacial score (nSPS) is 11.8. The molecule has 1 aliphatic carbocycles. The Balaban J connectivity index is 0.000000286. The highest BCUT2D eigenvalue weighted by atomic mass is 32.1. The fourth-order valence-electron chi connectivity index (χ4n) is 9.96. The first-order chi connectivity index (χ1) is 37.2. The Labute approximate surface area is 474 Å². The summed E-state index contributed by atoms with van der Waals surface area (Å²) in [6.07, 6.45) is 23.5. The lowest BCUT2D eigenvalue weighted by Crippen LogP contribution is -2.28. The van der Waals surface area contributed by atoms with E-state index >= 15 is 0 Å². The zero-order valence-electron chi connectivity index (χ0n) is 50.0. The molecule has 0 saturated carbocycles. The van der Waals surface area contributed by atoms with Crippen LogP contribution in [-0.2, 0) is 18.3 Å². The highest BCUT2D eigenvalue weighted by molar-refractivity contribution is 7.12. The average molecular weight is 1040 g/mol. The van der Waals surface area contributed by atoms with Crippen LogP contribution < -0.4 is 0 Å². The highest BCUT2D eigenvalue weighted by Gasteiger charge is 2.47. The van der Waals surface area contributed by atoms with Gasteiger partial charge in [-0.05, 0) is 157 Å². The van der Waals surface area contributed by atoms with Crippen LogP contribution in [0.4, 0.5) is 0 Å². The molecule has 0 bridgehead atoms. The monoisotopic (exact) mass is 1040 g/mol. The summed E-state index contributed by atoms with van der Waals surface area (Å²) in [5, 5.41) is 0. The first-order valence-electron chi connectivity index (χ1n) is 28.4. The fraction of sp³-hybridized carbons (Fsp3) is 0.289. The number of rotatable bonds is 15. The molecule has 77 heavy (non-hydrogen) atoms. The Morgan fingerprint density at radius 2 is 1.17 bits per heavy atom. The number of thiophene rings is 1. The first-order valence-corrected chi connectivity index (χ1v) is 29.2. The molecule has 0 saturated heterocycles. The summed E-state index contributed by atoms with van der Waals surface area (Å²) in [6.45, 7) is 45.8. The minimum atomic E-state index is -0.374. The second-order valence-electron chi connectivity index (χ2n) is 19.6. The minimum Gasteiger partial charge on any atom is -0.144 e. The SMILES string of the molecule is C/C=C(\c1c(CC)sc(C)c1/C=C\CC)C(C)C.C=C/C=C(\C=C)CC.C=Cc1c(C)cc2c(c1C=C)-c1ccc(C)cc1C2(c1ccccc1)c1ccccc1.CC.CCCCc1ccc(C)cc1.Cc1ccccc1. The second-order valence-corrected chi connectivity index (χ2v) is 20.9. The summed E-state index contributed by atoms with van der Waals surface area (Å²) in [4.78, 5) is 2.98. The standard InChI is InChI=1S/C31H26.C17H26S.C11H16.C8H12.C7H8.C2H6/c1-5-25-22(4)20-29-30(26(25)6-2)27-18-17-21(3)19-28(27)31(29,23-13-9-7-10-14-23)24-15-11-8-12-16-24;1-7-10-11-15-13(6)18-16(9-3)17(15)14(8-2)12(4)5;1-3-4-5-11-8-6-10(2)7-9-11;1-4-7-8(5-2)6-3;1-7-5-3-2-4-6-7;1-2/h5-20H,1-2H2,3-4H3;8,10-12H,7,9H2,1-6H3;6-9H,3-5H2,1-2H3;4-5,7H,1-2,6H2,3H3;2-6H,1H3;1-2H3/b;11-10-,14-8-;;8-7+;;. The smallest absolute Gasteiger partial charge is 0.0713 e. The van der Waals surface area contributed by atoms with Crippen LogP contribution in [0.1, 0.15) is 170 Å². The molecule has 1 heterocycles. The number of benzene rings is 6. The van der Waals surface area contributed by atoms with Gasteiger partial charge >= 0.3 is 0 Å². The van der Waals surface area contributed by atoms with Crippen LogP contribution in [-0.4, -0.2) is 0 Å². The average Bonchev–Trinajstić information content (AvgIpc) is 3.93. The summed E-state index contributed by atoms with van der Waals surface area (Å²) < 4.78 is 0. The molecule has 7 aromatic rings. The van der Waals surface area contributed by atoms with E-state index in [0.717, 1.165) is 24.8 Å². The van der Waals surface area contributed by atoms with E-state index in [-0.39, 0.29) is 5.41 Å². The van der Waals surface area contributed by atoms with Gasteiger partial charge in [-0.3, -0.25) is 0 Å². The van der Waals surface area contributed by atoms with Gasteiger partial charge in [-0.2, -0.15) is 0 Å². The van der Waals surface area contributed by atoms with Crippen molar-refractivity contribution in [3.8, 4) is 11.1 Å². The van der Waals surface area contributed by atoms with Crippen LogP contribution in [0.25, 0.3) is 34.9 Å². The summed E-state index contributed by atoms with van der Waals surface area (Å²) in [5.41, 5.74) is 22.1. The summed E-state index contributed by atoms with van der Waals surface area (Å²) in [7, 11) is 0. The molecule has 1 heteroatoms. The molecule has 1 aromatic heterocycles. The maximum Gasteiger partial charge on any atom is 0.0713 e. The Morgan fingerprint density at radius 3 is 1.60 bits per heavy atom. The topological polar surface area (TPSA) is 0 Å². The zero-order valence-corrected chi connectivity index (χ0v) is 50.8. The van der Waals surface area contributed by atoms with Gasteiger partial charge in [0.15, 0.2) is 0 Å². The predicted molar refractivity (Wildman–Crippen MR) is 351 cm³/mol. The van der Waals surface area contributed by atoms with E-state index < -0.39 is 0 Å². The van der Waals surface area contributed by atoms with E-state index in [9.17, 15) is 0 Å². The molecule has 404 valence electrons. The first kappa shape index (κ1) is 64.5. The number of fused-ring (bicyclic) bond motifs is 3. The molecule has 0 radical (unpaired) electrons. The molecule has 0 amide bonds. The summed E-state index contributed by atoms with van der Waals surface area (Å²) >= 11 is 1.96. The van der Waals surface area contributed by atoms with E-state index in [4.69, 9.17) is 0 Å². The van der Waals surface area contributed by atoms with Crippen LogP contribution in [0.15, 0.2) is 202 Å². The van der Waals surface area contributed by atoms with Crippen molar-refractivity contribution in [3.05, 3.63) is 284 Å². The van der Waals surface area contributed by atoms with E-state index in [1.54, 1.807) is 6.08 Å². The third-order valence-corrected chi connectivity index (χ3v) is 15.1. The molecule has 0 aliphatic heterocycles. The van der Waals surface area contributed by atoms with Gasteiger partial charge in [-0.15, -0.1) is 11.3 Å². The predicted octanol–water partition coefficient (Wildman–Crippen LogP) is 23.1. The minimum absolute atomic E-state index is 0.374. The molecule has 0 nitrogen and oxygen atoms in total. The van der Waals surface area contributed by atoms with Gasteiger partial charge in [0.1, 0.15) is 0 Å². The van der Waals surface area contributed by atoms with Crippen molar-refractivity contribution in [1.29, 1.82) is 0 Å². The third kappa shape index (κ3) is 17.1. The van der Waals surface area contributed by atoms with Crippen molar-refractivity contribution in [2.45, 2.75) is 141 Å². The van der Waals surface area contributed by atoms with Gasteiger partial charge in [0.05, 0.1) is 5.41 Å². The molecule has 0 N–H and O–H groups in total. The summed E-state index contributed by atoms with van der Waals surface area (Å²) in [6, 6.07) is 50.1. The number of unbranched alkanes of at least 4 members (excludes halogenated alkanes) is 1. The van der Waals surface area contributed by atoms with Gasteiger partial charge in [-0.25, -0.2) is 0 Å². The largest absolute Gasteiger partial charge is 0.144 e. The highest BCUT2D eigenvalue weighted by Crippen LogP contribution is 2.58. The van der Waals surface area contributed by atoms with Gasteiger partial charge in [-0.1, -0.05) is 293 Å². The molecule has 0 fully saturated rings. The Kier molecular flexibility index (Phi) is 28.5. The third-order valence-electron chi connectivity index (χ3n) is 13.8. The van der Waals surface area contributed by atoms with E-state index in [0.29, 0.717) is 5.92 Å². The quantitative estimate of drug-likeness (QED) is 0.0898. The van der Waals surface area contributed by atoms with E-state index in [2.05, 4.69) is 249 Å². The lowest BCUT2D eigenvalue weighted by molar-refractivity contribution is 0.766. The number of aryl methyl sites for hydroxylation is 7. The van der Waals surface area contributed by atoms with Crippen LogP contribution in [0.5, 0.6) is 0 Å². The van der Waals surface area contributed by atoms with Crippen LogP contribution in [0, 0.1) is 40.5 Å². The van der Waals surface area contributed by atoms with Crippen LogP contribution in [0.3, 0.4) is 0 Å². The molecule has 8 rings (SSSR count).